The summed E-state index contributed by atoms with van der Waals surface area (Å²) in [5.41, 5.74) is 7.60. The van der Waals surface area contributed by atoms with Crippen molar-refractivity contribution >= 4 is 93.1 Å². The Bertz CT molecular complexity index is 2450. The molecule has 0 unspecified atom stereocenters. The summed E-state index contributed by atoms with van der Waals surface area (Å²) in [6.45, 7) is 1.78. The maximum Gasteiger partial charge on any atom is 0.160 e. The molecule has 7 rings (SSSR count). The Balaban J connectivity index is 1.000. The van der Waals surface area contributed by atoms with Crippen LogP contribution in [0.15, 0.2) is 131 Å². The lowest BCUT2D eigenvalue weighted by Gasteiger charge is -2.33. The maximum absolute atomic E-state index is 11.2. The third-order valence-corrected chi connectivity index (χ3v) is 12.5. The molecule has 9 heteroatoms. The first kappa shape index (κ1) is 37.3. The summed E-state index contributed by atoms with van der Waals surface area (Å²) in [6, 6.07) is 45.4. The largest absolute Gasteiger partial charge is 0.341 e. The van der Waals surface area contributed by atoms with Gasteiger partial charge in [0.1, 0.15) is 12.1 Å². The normalized spacial score (nSPS) is 12.3. The molecule has 6 nitrogen and oxygen atoms in total. The van der Waals surface area contributed by atoms with E-state index in [9.17, 15) is 20.1 Å². The zero-order valence-corrected chi connectivity index (χ0v) is 32.4. The number of hydrogen-bond donors (Lipinski definition) is 0. The Kier molecular flexibility index (Phi) is 12.2. The average Bonchev–Trinajstić information content (AvgIpc) is 3.92. The average molecular weight is 773 g/mol. The van der Waals surface area contributed by atoms with Gasteiger partial charge in [0, 0.05) is 44.0 Å². The third kappa shape index (κ3) is 8.88. The van der Waals surface area contributed by atoms with E-state index in [-0.39, 0.29) is 0 Å². The Labute approximate surface area is 333 Å². The van der Waals surface area contributed by atoms with Gasteiger partial charge in [-0.25, -0.2) is 0 Å². The highest BCUT2D eigenvalue weighted by Gasteiger charge is 2.23. The molecule has 3 heterocycles. The number of para-hydroxylation sites is 2. The summed E-state index contributed by atoms with van der Waals surface area (Å²) in [4.78, 5) is 32.3. The van der Waals surface area contributed by atoms with Crippen LogP contribution in [-0.4, -0.2) is 25.7 Å². The fraction of sp³-hybridized carbons (Fsp3) is 0.130. The van der Waals surface area contributed by atoms with Gasteiger partial charge in [0.15, 0.2) is 12.6 Å². The van der Waals surface area contributed by atoms with Gasteiger partial charge in [0.05, 0.1) is 32.3 Å². The molecule has 0 atom stereocenters. The highest BCUT2D eigenvalue weighted by atomic mass is 32.2. The molecule has 1 aliphatic heterocycles. The maximum atomic E-state index is 11.2. The zero-order valence-electron chi connectivity index (χ0n) is 29.9. The first-order valence-corrected chi connectivity index (χ1v) is 20.5. The predicted molar refractivity (Wildman–Crippen MR) is 229 cm³/mol. The van der Waals surface area contributed by atoms with Crippen LogP contribution in [0.25, 0.3) is 23.3 Å². The summed E-state index contributed by atoms with van der Waals surface area (Å²) in [5.74, 6) is 0. The van der Waals surface area contributed by atoms with E-state index in [4.69, 9.17) is 0 Å². The smallest absolute Gasteiger partial charge is 0.160 e. The van der Waals surface area contributed by atoms with Crippen molar-refractivity contribution in [2.24, 2.45) is 0 Å². The highest BCUT2D eigenvalue weighted by molar-refractivity contribution is 7.99. The van der Waals surface area contributed by atoms with Crippen LogP contribution in [0.2, 0.25) is 0 Å². The number of aldehydes is 2. The molecular weight excluding hydrogens is 737 g/mol. The highest BCUT2D eigenvalue weighted by Crippen LogP contribution is 2.48. The Hall–Kier alpha value is -5.97. The van der Waals surface area contributed by atoms with E-state index in [1.54, 1.807) is 23.9 Å². The van der Waals surface area contributed by atoms with E-state index in [0.29, 0.717) is 20.9 Å². The molecule has 2 aromatic heterocycles. The molecule has 1 aliphatic rings. The van der Waals surface area contributed by atoms with Crippen molar-refractivity contribution < 1.29 is 9.59 Å². The molecule has 4 aromatic carbocycles. The van der Waals surface area contributed by atoms with Crippen molar-refractivity contribution in [1.29, 1.82) is 10.5 Å². The number of fused-ring (bicyclic) bond motifs is 2. The van der Waals surface area contributed by atoms with Crippen LogP contribution < -0.4 is 9.80 Å². The van der Waals surface area contributed by atoms with Crippen LogP contribution in [0.5, 0.6) is 0 Å². The minimum Gasteiger partial charge on any atom is -0.341 e. The van der Waals surface area contributed by atoms with Crippen LogP contribution in [0.1, 0.15) is 65.9 Å². The molecule has 55 heavy (non-hydrogen) atoms. The number of benzene rings is 4. The van der Waals surface area contributed by atoms with Gasteiger partial charge < -0.3 is 9.80 Å². The number of carbonyl (C=O) groups is 2. The lowest BCUT2D eigenvalue weighted by atomic mass is 10.1. The van der Waals surface area contributed by atoms with Crippen molar-refractivity contribution in [3.8, 4) is 12.1 Å². The molecule has 0 amide bonds. The van der Waals surface area contributed by atoms with Crippen LogP contribution >= 0.6 is 34.4 Å². The van der Waals surface area contributed by atoms with Gasteiger partial charge in [-0.1, -0.05) is 73.1 Å². The van der Waals surface area contributed by atoms with E-state index >= 15 is 0 Å². The summed E-state index contributed by atoms with van der Waals surface area (Å²) in [5, 5.41) is 19.7. The van der Waals surface area contributed by atoms with Crippen molar-refractivity contribution in [2.75, 3.05) is 22.9 Å². The second kappa shape index (κ2) is 17.9. The van der Waals surface area contributed by atoms with Gasteiger partial charge in [0.2, 0.25) is 0 Å². The van der Waals surface area contributed by atoms with Crippen molar-refractivity contribution in [3.63, 3.8) is 0 Å². The monoisotopic (exact) mass is 772 g/mol. The van der Waals surface area contributed by atoms with Crippen molar-refractivity contribution in [2.45, 2.75) is 35.5 Å². The third-order valence-electron chi connectivity index (χ3n) is 9.32. The Morgan fingerprint density at radius 3 is 1.84 bits per heavy atom. The standard InChI is InChI=1S/C46H36N4O2S3/c47-29-35(43-22-19-39(31-51)53-43)26-33-14-17-38(18-15-33)49(37-10-4-3-5-11-37)24-8-1-2-9-25-50-41-12-6-7-13-45(41)55-46-28-34(16-21-42(46)50)27-36(30-48)44-23-20-40(32-52)54-44/h3-7,10-23,26-28,31-32H,1-2,8-9,24-25H2/b35-26+,36-27+. The second-order valence-corrected chi connectivity index (χ2v) is 16.2. The molecule has 0 saturated carbocycles. The summed E-state index contributed by atoms with van der Waals surface area (Å²) in [7, 11) is 0. The Morgan fingerprint density at radius 2 is 1.18 bits per heavy atom. The molecular formula is C46H36N4O2S3. The van der Waals surface area contributed by atoms with Gasteiger partial charge in [-0.05, 0) is 109 Å². The molecule has 0 N–H and O–H groups in total. The summed E-state index contributed by atoms with van der Waals surface area (Å²) < 4.78 is 0. The van der Waals surface area contributed by atoms with E-state index in [0.717, 1.165) is 88.5 Å². The molecule has 0 spiro atoms. The molecule has 0 fully saturated rings. The van der Waals surface area contributed by atoms with Gasteiger partial charge in [-0.15, -0.1) is 22.7 Å². The van der Waals surface area contributed by atoms with E-state index in [2.05, 4.69) is 101 Å². The quantitative estimate of drug-likeness (QED) is 0.0583. The number of anilines is 4. The SMILES string of the molecule is N#C/C(=C\c1ccc(N(CCCCCCN2c3ccccc3Sc3cc(/C=C(\C#N)c4ccc(C=O)s4)ccc32)c2ccccc2)cc1)c1ccc(C=O)s1. The number of allylic oxidation sites excluding steroid dienone is 2. The van der Waals surface area contributed by atoms with Gasteiger partial charge in [0.25, 0.3) is 0 Å². The topological polar surface area (TPSA) is 88.2 Å². The fourth-order valence-corrected chi connectivity index (χ4v) is 9.33. The number of thiophene rings is 2. The fourth-order valence-electron chi connectivity index (χ4n) is 6.61. The van der Waals surface area contributed by atoms with Gasteiger partial charge >= 0.3 is 0 Å². The molecule has 0 bridgehead atoms. The second-order valence-electron chi connectivity index (χ2n) is 12.9. The van der Waals surface area contributed by atoms with E-state index in [1.165, 1.54) is 38.9 Å². The van der Waals surface area contributed by atoms with E-state index < -0.39 is 0 Å². The number of carbonyl (C=O) groups excluding carboxylic acids is 2. The minimum atomic E-state index is 0.540. The van der Waals surface area contributed by atoms with Crippen LogP contribution in [-0.2, 0) is 0 Å². The number of nitrogens with zero attached hydrogens (tertiary/aromatic N) is 4. The Morgan fingerprint density at radius 1 is 0.600 bits per heavy atom. The first-order valence-electron chi connectivity index (χ1n) is 18.0. The van der Waals surface area contributed by atoms with Crippen molar-refractivity contribution in [1.82, 2.24) is 0 Å². The minimum absolute atomic E-state index is 0.540. The molecule has 0 saturated heterocycles. The van der Waals surface area contributed by atoms with Crippen LogP contribution in [0, 0.1) is 22.7 Å². The predicted octanol–water partition coefficient (Wildman–Crippen LogP) is 12.6. The zero-order chi connectivity index (χ0) is 38.0. The summed E-state index contributed by atoms with van der Waals surface area (Å²) in [6.07, 6.45) is 9.66. The molecule has 0 radical (unpaired) electrons. The molecule has 270 valence electrons. The van der Waals surface area contributed by atoms with Gasteiger partial charge in [-0.3, -0.25) is 9.59 Å². The molecule has 6 aromatic rings. The molecule has 0 aliphatic carbocycles. The van der Waals surface area contributed by atoms with Gasteiger partial charge in [-0.2, -0.15) is 10.5 Å². The number of hydrogen-bond acceptors (Lipinski definition) is 9. The first-order chi connectivity index (χ1) is 27.1. The lowest BCUT2D eigenvalue weighted by Crippen LogP contribution is -2.22. The lowest BCUT2D eigenvalue weighted by molar-refractivity contribution is 0.111. The number of nitriles is 2. The number of unbranched alkanes of at least 4 members (excludes halogenated alkanes) is 3. The van der Waals surface area contributed by atoms with E-state index in [1.807, 2.05) is 42.5 Å². The summed E-state index contributed by atoms with van der Waals surface area (Å²) >= 11 is 4.41. The van der Waals surface area contributed by atoms with Crippen LogP contribution in [0.3, 0.4) is 0 Å². The number of rotatable bonds is 15. The van der Waals surface area contributed by atoms with Crippen LogP contribution in [0.4, 0.5) is 22.7 Å². The van der Waals surface area contributed by atoms with Crippen molar-refractivity contribution in [3.05, 3.63) is 152 Å².